The first-order chi connectivity index (χ1) is 15.2. The number of hydrogen-bond donors (Lipinski definition) is 1. The lowest BCUT2D eigenvalue weighted by Gasteiger charge is -2.15. The van der Waals surface area contributed by atoms with Crippen molar-refractivity contribution in [1.82, 2.24) is 10.2 Å². The molecule has 1 heterocycles. The summed E-state index contributed by atoms with van der Waals surface area (Å²) < 4.78 is 11.5. The number of rotatable bonds is 5. The minimum absolute atomic E-state index is 0.0621. The predicted octanol–water partition coefficient (Wildman–Crippen LogP) is 5.66. The summed E-state index contributed by atoms with van der Waals surface area (Å²) in [6.45, 7) is 0. The molecule has 1 aliphatic rings. The Morgan fingerprint density at radius 3 is 2.52 bits per heavy atom. The lowest BCUT2D eigenvalue weighted by Crippen LogP contribution is -2.12. The number of carbonyl (C=O) groups excluding carboxylic acids is 1. The molecule has 154 valence electrons. The van der Waals surface area contributed by atoms with Crippen molar-refractivity contribution in [2.24, 2.45) is 0 Å². The Hall–Kier alpha value is -3.93. The highest BCUT2D eigenvalue weighted by atomic mass is 16.5. The standard InChI is InChI=1S/C25H21N3O3/c29-23(19-9-6-12-22(16-19)30-21-10-2-1-3-11-21)26-25-28-27-24(31-25)20-14-13-17-7-4-5-8-18(17)15-20/h1-3,6,9-16H,4-5,7-8H2,(H,26,28,29). The van der Waals surface area contributed by atoms with Gasteiger partial charge in [-0.25, -0.2) is 0 Å². The van der Waals surface area contributed by atoms with Crippen LogP contribution in [0.1, 0.15) is 34.3 Å². The number of anilines is 1. The van der Waals surface area contributed by atoms with E-state index in [0.717, 1.165) is 18.4 Å². The quantitative estimate of drug-likeness (QED) is 0.458. The van der Waals surface area contributed by atoms with E-state index in [1.165, 1.54) is 24.0 Å². The van der Waals surface area contributed by atoms with Crippen LogP contribution in [0.3, 0.4) is 0 Å². The van der Waals surface area contributed by atoms with Gasteiger partial charge in [-0.1, -0.05) is 35.4 Å². The number of para-hydroxylation sites is 1. The molecule has 0 atom stereocenters. The van der Waals surface area contributed by atoms with E-state index < -0.39 is 0 Å². The van der Waals surface area contributed by atoms with E-state index in [1.807, 2.05) is 36.4 Å². The molecule has 0 aliphatic heterocycles. The summed E-state index contributed by atoms with van der Waals surface area (Å²) >= 11 is 0. The first-order valence-electron chi connectivity index (χ1n) is 10.3. The van der Waals surface area contributed by atoms with Gasteiger partial charge in [0.15, 0.2) is 0 Å². The summed E-state index contributed by atoms with van der Waals surface area (Å²) in [7, 11) is 0. The van der Waals surface area contributed by atoms with Crippen molar-refractivity contribution in [1.29, 1.82) is 0 Å². The molecule has 1 aromatic heterocycles. The van der Waals surface area contributed by atoms with Gasteiger partial charge in [-0.3, -0.25) is 10.1 Å². The van der Waals surface area contributed by atoms with Gasteiger partial charge in [0.1, 0.15) is 11.5 Å². The Bertz CT molecular complexity index is 1220. The molecule has 31 heavy (non-hydrogen) atoms. The fraction of sp³-hybridized carbons (Fsp3) is 0.160. The van der Waals surface area contributed by atoms with Crippen molar-refractivity contribution in [2.75, 3.05) is 5.32 Å². The minimum atomic E-state index is -0.348. The van der Waals surface area contributed by atoms with Gasteiger partial charge in [0.05, 0.1) is 0 Å². The van der Waals surface area contributed by atoms with E-state index >= 15 is 0 Å². The Kier molecular flexibility index (Phi) is 5.19. The maximum atomic E-state index is 12.7. The third kappa shape index (κ3) is 4.33. The number of carbonyl (C=O) groups is 1. The van der Waals surface area contributed by atoms with Crippen LogP contribution in [0.5, 0.6) is 11.5 Å². The molecule has 6 heteroatoms. The maximum Gasteiger partial charge on any atom is 0.322 e. The summed E-state index contributed by atoms with van der Waals surface area (Å²) in [6, 6.07) is 22.6. The molecule has 6 nitrogen and oxygen atoms in total. The van der Waals surface area contributed by atoms with Crippen LogP contribution in [0.2, 0.25) is 0 Å². The molecule has 0 unspecified atom stereocenters. The first-order valence-corrected chi connectivity index (χ1v) is 10.3. The van der Waals surface area contributed by atoms with Crippen molar-refractivity contribution in [2.45, 2.75) is 25.7 Å². The van der Waals surface area contributed by atoms with Crippen LogP contribution in [0.25, 0.3) is 11.5 Å². The second kappa shape index (κ2) is 8.44. The van der Waals surface area contributed by atoms with E-state index in [-0.39, 0.29) is 11.9 Å². The van der Waals surface area contributed by atoms with E-state index in [4.69, 9.17) is 9.15 Å². The second-order valence-electron chi connectivity index (χ2n) is 7.50. The average Bonchev–Trinajstić information content (AvgIpc) is 3.28. The third-order valence-corrected chi connectivity index (χ3v) is 5.32. The molecule has 1 amide bonds. The zero-order valence-electron chi connectivity index (χ0n) is 16.9. The van der Waals surface area contributed by atoms with Crippen LogP contribution in [-0.2, 0) is 12.8 Å². The van der Waals surface area contributed by atoms with Gasteiger partial charge in [0.25, 0.3) is 5.91 Å². The van der Waals surface area contributed by atoms with Crippen molar-refractivity contribution < 1.29 is 13.9 Å². The number of fused-ring (bicyclic) bond motifs is 1. The fourth-order valence-electron chi connectivity index (χ4n) is 3.75. The lowest BCUT2D eigenvalue weighted by atomic mass is 9.90. The van der Waals surface area contributed by atoms with Gasteiger partial charge in [-0.15, -0.1) is 5.10 Å². The van der Waals surface area contributed by atoms with E-state index in [2.05, 4.69) is 27.6 Å². The molecule has 5 rings (SSSR count). The number of amides is 1. The Labute approximate surface area is 179 Å². The molecular formula is C25H21N3O3. The topological polar surface area (TPSA) is 77.3 Å². The van der Waals surface area contributed by atoms with Crippen molar-refractivity contribution in [3.63, 3.8) is 0 Å². The van der Waals surface area contributed by atoms with Crippen LogP contribution in [-0.4, -0.2) is 16.1 Å². The number of aryl methyl sites for hydroxylation is 2. The fourth-order valence-corrected chi connectivity index (χ4v) is 3.75. The van der Waals surface area contributed by atoms with Crippen LogP contribution >= 0.6 is 0 Å². The molecule has 0 radical (unpaired) electrons. The second-order valence-corrected chi connectivity index (χ2v) is 7.50. The number of nitrogens with zero attached hydrogens (tertiary/aromatic N) is 2. The Morgan fingerprint density at radius 2 is 1.65 bits per heavy atom. The molecule has 0 bridgehead atoms. The number of aromatic nitrogens is 2. The summed E-state index contributed by atoms with van der Waals surface area (Å²) in [5.74, 6) is 1.31. The van der Waals surface area contributed by atoms with E-state index in [1.54, 1.807) is 24.3 Å². The summed E-state index contributed by atoms with van der Waals surface area (Å²) in [4.78, 5) is 12.7. The van der Waals surface area contributed by atoms with Gasteiger partial charge in [0.2, 0.25) is 5.89 Å². The van der Waals surface area contributed by atoms with Gasteiger partial charge in [0, 0.05) is 11.1 Å². The molecule has 0 saturated carbocycles. The van der Waals surface area contributed by atoms with Gasteiger partial charge in [-0.05, 0) is 79.3 Å². The lowest BCUT2D eigenvalue weighted by molar-refractivity contribution is 0.102. The smallest absolute Gasteiger partial charge is 0.322 e. The highest BCUT2D eigenvalue weighted by molar-refractivity contribution is 6.03. The molecule has 0 fully saturated rings. The number of ether oxygens (including phenoxy) is 1. The Balaban J connectivity index is 1.29. The minimum Gasteiger partial charge on any atom is -0.457 e. The maximum absolute atomic E-state index is 12.7. The SMILES string of the molecule is O=C(Nc1nnc(-c2ccc3c(c2)CCCC3)o1)c1cccc(Oc2ccccc2)c1. The number of hydrogen-bond acceptors (Lipinski definition) is 5. The highest BCUT2D eigenvalue weighted by Gasteiger charge is 2.16. The number of benzene rings is 3. The van der Waals surface area contributed by atoms with Crippen molar-refractivity contribution in [3.05, 3.63) is 89.5 Å². The highest BCUT2D eigenvalue weighted by Crippen LogP contribution is 2.28. The van der Waals surface area contributed by atoms with Gasteiger partial charge in [-0.2, -0.15) is 0 Å². The first kappa shape index (κ1) is 19.1. The van der Waals surface area contributed by atoms with Crippen LogP contribution < -0.4 is 10.1 Å². The number of nitrogens with one attached hydrogen (secondary N) is 1. The van der Waals surface area contributed by atoms with Crippen LogP contribution in [0.15, 0.2) is 77.2 Å². The van der Waals surface area contributed by atoms with E-state index in [9.17, 15) is 4.79 Å². The molecule has 0 saturated heterocycles. The van der Waals surface area contributed by atoms with Gasteiger partial charge < -0.3 is 9.15 Å². The van der Waals surface area contributed by atoms with E-state index in [0.29, 0.717) is 23.0 Å². The summed E-state index contributed by atoms with van der Waals surface area (Å²) in [5.41, 5.74) is 4.03. The average molecular weight is 411 g/mol. The molecule has 3 aromatic carbocycles. The summed E-state index contributed by atoms with van der Waals surface area (Å²) in [5, 5.41) is 10.7. The predicted molar refractivity (Wildman–Crippen MR) is 117 cm³/mol. The largest absolute Gasteiger partial charge is 0.457 e. The molecule has 0 spiro atoms. The zero-order valence-corrected chi connectivity index (χ0v) is 16.9. The third-order valence-electron chi connectivity index (χ3n) is 5.32. The van der Waals surface area contributed by atoms with Crippen LogP contribution in [0.4, 0.5) is 6.01 Å². The van der Waals surface area contributed by atoms with Gasteiger partial charge >= 0.3 is 6.01 Å². The monoisotopic (exact) mass is 411 g/mol. The Morgan fingerprint density at radius 1 is 0.839 bits per heavy atom. The molecule has 4 aromatic rings. The molecule has 1 aliphatic carbocycles. The molecular weight excluding hydrogens is 390 g/mol. The normalized spacial score (nSPS) is 12.8. The zero-order chi connectivity index (χ0) is 21.0. The van der Waals surface area contributed by atoms with Crippen molar-refractivity contribution in [3.8, 4) is 23.0 Å². The summed E-state index contributed by atoms with van der Waals surface area (Å²) in [6.07, 6.45) is 4.63. The molecule has 1 N–H and O–H groups in total. The van der Waals surface area contributed by atoms with Crippen LogP contribution in [0, 0.1) is 0 Å². The van der Waals surface area contributed by atoms with Crippen molar-refractivity contribution >= 4 is 11.9 Å².